The van der Waals surface area contributed by atoms with Gasteiger partial charge in [0, 0.05) is 6.04 Å². The Labute approximate surface area is 100 Å². The first-order chi connectivity index (χ1) is 7.29. The van der Waals surface area contributed by atoms with Crippen molar-refractivity contribution in [3.63, 3.8) is 0 Å². The SMILES string of the molecule is CCC(C)(N)C(=O)NC(C)CCCC(C)C. The molecule has 2 atom stereocenters. The van der Waals surface area contributed by atoms with Crippen LogP contribution in [0.1, 0.15) is 60.3 Å². The molecular weight excluding hydrogens is 200 g/mol. The number of rotatable bonds is 7. The molecular formula is C13H28N2O. The molecule has 3 N–H and O–H groups in total. The van der Waals surface area contributed by atoms with E-state index in [1.54, 1.807) is 6.92 Å². The summed E-state index contributed by atoms with van der Waals surface area (Å²) >= 11 is 0. The molecule has 0 bridgehead atoms. The first-order valence-corrected chi connectivity index (χ1v) is 6.39. The van der Waals surface area contributed by atoms with Crippen LogP contribution >= 0.6 is 0 Å². The molecule has 0 fully saturated rings. The predicted molar refractivity (Wildman–Crippen MR) is 69.2 cm³/mol. The monoisotopic (exact) mass is 228 g/mol. The lowest BCUT2D eigenvalue weighted by molar-refractivity contribution is -0.126. The number of carbonyl (C=O) groups excluding carboxylic acids is 1. The van der Waals surface area contributed by atoms with Gasteiger partial charge in [0.25, 0.3) is 0 Å². The summed E-state index contributed by atoms with van der Waals surface area (Å²) in [4.78, 5) is 11.8. The van der Waals surface area contributed by atoms with Crippen LogP contribution in [0.4, 0.5) is 0 Å². The van der Waals surface area contributed by atoms with Gasteiger partial charge in [-0.15, -0.1) is 0 Å². The summed E-state index contributed by atoms with van der Waals surface area (Å²) in [6.07, 6.45) is 4.07. The average Bonchev–Trinajstić information content (AvgIpc) is 2.16. The van der Waals surface area contributed by atoms with Crippen molar-refractivity contribution in [2.24, 2.45) is 11.7 Å². The lowest BCUT2D eigenvalue weighted by Crippen LogP contribution is -2.53. The van der Waals surface area contributed by atoms with Crippen molar-refractivity contribution in [2.75, 3.05) is 0 Å². The summed E-state index contributed by atoms with van der Waals surface area (Å²) in [5, 5.41) is 2.98. The van der Waals surface area contributed by atoms with E-state index in [0.717, 1.165) is 18.8 Å². The molecule has 0 spiro atoms. The summed E-state index contributed by atoms with van der Waals surface area (Å²) in [5.74, 6) is 0.699. The summed E-state index contributed by atoms with van der Waals surface area (Å²) in [6.45, 7) is 10.2. The van der Waals surface area contributed by atoms with Gasteiger partial charge < -0.3 is 11.1 Å². The van der Waals surface area contributed by atoms with Gasteiger partial charge in [0.15, 0.2) is 0 Å². The van der Waals surface area contributed by atoms with Gasteiger partial charge in [0.1, 0.15) is 0 Å². The molecule has 3 heteroatoms. The molecule has 16 heavy (non-hydrogen) atoms. The van der Waals surface area contributed by atoms with Crippen LogP contribution in [-0.2, 0) is 4.79 Å². The van der Waals surface area contributed by atoms with E-state index in [4.69, 9.17) is 5.73 Å². The number of nitrogens with two attached hydrogens (primary N) is 1. The van der Waals surface area contributed by atoms with Gasteiger partial charge in [-0.05, 0) is 32.6 Å². The zero-order valence-corrected chi connectivity index (χ0v) is 11.5. The minimum absolute atomic E-state index is 0.0351. The second-order valence-corrected chi connectivity index (χ2v) is 5.47. The van der Waals surface area contributed by atoms with Crippen LogP contribution in [0.2, 0.25) is 0 Å². The van der Waals surface area contributed by atoms with Crippen molar-refractivity contribution in [1.29, 1.82) is 0 Å². The molecule has 0 saturated heterocycles. The first kappa shape index (κ1) is 15.4. The lowest BCUT2D eigenvalue weighted by Gasteiger charge is -2.24. The Morgan fingerprint density at radius 1 is 1.31 bits per heavy atom. The molecule has 1 amide bonds. The van der Waals surface area contributed by atoms with Crippen molar-refractivity contribution in [1.82, 2.24) is 5.32 Å². The summed E-state index contributed by atoms with van der Waals surface area (Å²) in [7, 11) is 0. The third-order valence-corrected chi connectivity index (χ3v) is 3.05. The van der Waals surface area contributed by atoms with Gasteiger partial charge >= 0.3 is 0 Å². The smallest absolute Gasteiger partial charge is 0.239 e. The molecule has 0 aliphatic carbocycles. The number of hydrogen-bond donors (Lipinski definition) is 2. The fraction of sp³-hybridized carbons (Fsp3) is 0.923. The molecule has 0 radical (unpaired) electrons. The normalized spacial score (nSPS) is 16.9. The number of amides is 1. The van der Waals surface area contributed by atoms with Crippen molar-refractivity contribution in [3.8, 4) is 0 Å². The highest BCUT2D eigenvalue weighted by Gasteiger charge is 2.26. The summed E-state index contributed by atoms with van der Waals surface area (Å²) < 4.78 is 0. The molecule has 0 aliphatic heterocycles. The Morgan fingerprint density at radius 2 is 1.88 bits per heavy atom. The van der Waals surface area contributed by atoms with Crippen LogP contribution < -0.4 is 11.1 Å². The number of carbonyl (C=O) groups is 1. The molecule has 0 heterocycles. The first-order valence-electron chi connectivity index (χ1n) is 6.39. The fourth-order valence-corrected chi connectivity index (χ4v) is 1.45. The van der Waals surface area contributed by atoms with Gasteiger partial charge in [-0.2, -0.15) is 0 Å². The Kier molecular flexibility index (Phi) is 6.65. The Balaban J connectivity index is 3.87. The quantitative estimate of drug-likeness (QED) is 0.703. The highest BCUT2D eigenvalue weighted by molar-refractivity contribution is 5.85. The van der Waals surface area contributed by atoms with Gasteiger partial charge in [-0.1, -0.05) is 33.6 Å². The second-order valence-electron chi connectivity index (χ2n) is 5.47. The van der Waals surface area contributed by atoms with E-state index >= 15 is 0 Å². The van der Waals surface area contributed by atoms with Crippen LogP contribution in [0.25, 0.3) is 0 Å². The molecule has 0 aliphatic rings. The molecule has 2 unspecified atom stereocenters. The van der Waals surface area contributed by atoms with E-state index in [2.05, 4.69) is 19.2 Å². The van der Waals surface area contributed by atoms with Crippen LogP contribution in [0.3, 0.4) is 0 Å². The van der Waals surface area contributed by atoms with Crippen molar-refractivity contribution in [2.45, 2.75) is 71.9 Å². The maximum absolute atomic E-state index is 11.8. The van der Waals surface area contributed by atoms with Gasteiger partial charge in [-0.25, -0.2) is 0 Å². The highest BCUT2D eigenvalue weighted by atomic mass is 16.2. The Hall–Kier alpha value is -0.570. The third-order valence-electron chi connectivity index (χ3n) is 3.05. The fourth-order valence-electron chi connectivity index (χ4n) is 1.45. The van der Waals surface area contributed by atoms with Crippen molar-refractivity contribution in [3.05, 3.63) is 0 Å². The Bertz CT molecular complexity index is 212. The minimum atomic E-state index is -0.730. The minimum Gasteiger partial charge on any atom is -0.352 e. The molecule has 0 saturated carbocycles. The highest BCUT2D eigenvalue weighted by Crippen LogP contribution is 2.10. The number of nitrogens with one attached hydrogen (secondary N) is 1. The van der Waals surface area contributed by atoms with E-state index in [1.807, 2.05) is 13.8 Å². The maximum atomic E-state index is 11.8. The summed E-state index contributed by atoms with van der Waals surface area (Å²) in [5.41, 5.74) is 5.14. The Morgan fingerprint density at radius 3 is 2.31 bits per heavy atom. The van der Waals surface area contributed by atoms with Gasteiger partial charge in [-0.3, -0.25) is 4.79 Å². The van der Waals surface area contributed by atoms with E-state index in [9.17, 15) is 4.79 Å². The lowest BCUT2D eigenvalue weighted by atomic mass is 9.98. The van der Waals surface area contributed by atoms with Crippen LogP contribution in [-0.4, -0.2) is 17.5 Å². The zero-order chi connectivity index (χ0) is 12.8. The third kappa shape index (κ3) is 6.11. The molecule has 0 aromatic heterocycles. The predicted octanol–water partition coefficient (Wildman–Crippen LogP) is 2.44. The van der Waals surface area contributed by atoms with Gasteiger partial charge in [0.05, 0.1) is 5.54 Å². The number of hydrogen-bond acceptors (Lipinski definition) is 2. The maximum Gasteiger partial charge on any atom is 0.239 e. The topological polar surface area (TPSA) is 55.1 Å². The molecule has 0 rings (SSSR count). The molecule has 0 aromatic carbocycles. The van der Waals surface area contributed by atoms with E-state index in [1.165, 1.54) is 6.42 Å². The zero-order valence-electron chi connectivity index (χ0n) is 11.5. The van der Waals surface area contributed by atoms with E-state index < -0.39 is 5.54 Å². The van der Waals surface area contributed by atoms with Crippen LogP contribution in [0.15, 0.2) is 0 Å². The van der Waals surface area contributed by atoms with Crippen molar-refractivity contribution < 1.29 is 4.79 Å². The second kappa shape index (κ2) is 6.89. The molecule has 0 aromatic rings. The van der Waals surface area contributed by atoms with Crippen molar-refractivity contribution >= 4 is 5.91 Å². The van der Waals surface area contributed by atoms with Crippen LogP contribution in [0.5, 0.6) is 0 Å². The largest absolute Gasteiger partial charge is 0.352 e. The average molecular weight is 228 g/mol. The standard InChI is InChI=1S/C13H28N2O/c1-6-13(5,14)12(16)15-11(4)9-7-8-10(2)3/h10-11H,6-9,14H2,1-5H3,(H,15,16). The summed E-state index contributed by atoms with van der Waals surface area (Å²) in [6, 6.07) is 0.223. The van der Waals surface area contributed by atoms with Crippen LogP contribution in [0, 0.1) is 5.92 Å². The molecule has 96 valence electrons. The van der Waals surface area contributed by atoms with E-state index in [0.29, 0.717) is 6.42 Å². The molecule has 3 nitrogen and oxygen atoms in total. The van der Waals surface area contributed by atoms with E-state index in [-0.39, 0.29) is 11.9 Å². The van der Waals surface area contributed by atoms with Gasteiger partial charge in [0.2, 0.25) is 5.91 Å².